The normalized spacial score (nSPS) is 16.8. The van der Waals surface area contributed by atoms with E-state index in [-0.39, 0.29) is 0 Å². The van der Waals surface area contributed by atoms with Crippen molar-refractivity contribution in [2.45, 2.75) is 18.8 Å². The molecule has 1 heterocycles. The Morgan fingerprint density at radius 3 is 2.29 bits per heavy atom. The molecule has 0 saturated carbocycles. The number of carbonyl (C=O) groups is 2. The van der Waals surface area contributed by atoms with Crippen LogP contribution in [0.3, 0.4) is 0 Å². The number of hydrogen-bond donors (Lipinski definition) is 1. The third kappa shape index (κ3) is 2.64. The standard InChI is InChI=1S/C13H15NO3/c15-9-14-7-5-11(6-8-14)10-1-3-12(4-2-10)13(16)17/h1-4,9,11H,5-8H2,(H,16,17). The zero-order valence-corrected chi connectivity index (χ0v) is 9.50. The average molecular weight is 233 g/mol. The third-order valence-corrected chi connectivity index (χ3v) is 3.31. The van der Waals surface area contributed by atoms with Crippen LogP contribution in [0.15, 0.2) is 24.3 Å². The molecule has 4 nitrogen and oxygen atoms in total. The fraction of sp³-hybridized carbons (Fsp3) is 0.385. The predicted molar refractivity (Wildman–Crippen MR) is 63.0 cm³/mol. The van der Waals surface area contributed by atoms with Gasteiger partial charge in [0.25, 0.3) is 0 Å². The lowest BCUT2D eigenvalue weighted by atomic mass is 9.89. The van der Waals surface area contributed by atoms with Crippen molar-refractivity contribution >= 4 is 12.4 Å². The van der Waals surface area contributed by atoms with Crippen molar-refractivity contribution in [1.82, 2.24) is 4.90 Å². The first kappa shape index (κ1) is 11.6. The third-order valence-electron chi connectivity index (χ3n) is 3.31. The van der Waals surface area contributed by atoms with Gasteiger partial charge in [-0.05, 0) is 36.5 Å². The lowest BCUT2D eigenvalue weighted by Crippen LogP contribution is -2.31. The number of hydrogen-bond acceptors (Lipinski definition) is 2. The van der Waals surface area contributed by atoms with Crippen LogP contribution >= 0.6 is 0 Å². The number of carbonyl (C=O) groups excluding carboxylic acids is 1. The second-order valence-corrected chi connectivity index (χ2v) is 4.34. The van der Waals surface area contributed by atoms with Crippen LogP contribution in [0.25, 0.3) is 0 Å². The maximum absolute atomic E-state index is 10.7. The van der Waals surface area contributed by atoms with Crippen molar-refractivity contribution in [1.29, 1.82) is 0 Å². The van der Waals surface area contributed by atoms with E-state index in [0.717, 1.165) is 32.3 Å². The Kier molecular flexibility index (Phi) is 3.42. The largest absolute Gasteiger partial charge is 0.478 e. The van der Waals surface area contributed by atoms with Gasteiger partial charge >= 0.3 is 5.97 Å². The smallest absolute Gasteiger partial charge is 0.335 e. The van der Waals surface area contributed by atoms with Crippen molar-refractivity contribution in [3.63, 3.8) is 0 Å². The van der Waals surface area contributed by atoms with Gasteiger partial charge in [-0.1, -0.05) is 12.1 Å². The van der Waals surface area contributed by atoms with E-state index in [1.807, 2.05) is 12.1 Å². The first-order chi connectivity index (χ1) is 8.20. The second-order valence-electron chi connectivity index (χ2n) is 4.34. The minimum atomic E-state index is -0.896. The van der Waals surface area contributed by atoms with E-state index >= 15 is 0 Å². The van der Waals surface area contributed by atoms with Crippen LogP contribution in [0.4, 0.5) is 0 Å². The first-order valence-corrected chi connectivity index (χ1v) is 5.73. The van der Waals surface area contributed by atoms with Crippen molar-refractivity contribution in [3.05, 3.63) is 35.4 Å². The molecule has 17 heavy (non-hydrogen) atoms. The highest BCUT2D eigenvalue weighted by atomic mass is 16.4. The maximum atomic E-state index is 10.7. The van der Waals surface area contributed by atoms with Crippen LogP contribution in [0.1, 0.15) is 34.7 Å². The summed E-state index contributed by atoms with van der Waals surface area (Å²) in [5, 5.41) is 8.81. The van der Waals surface area contributed by atoms with Crippen LogP contribution < -0.4 is 0 Å². The number of amides is 1. The van der Waals surface area contributed by atoms with Gasteiger partial charge in [0, 0.05) is 13.1 Å². The molecule has 0 unspecified atom stereocenters. The van der Waals surface area contributed by atoms with Gasteiger partial charge in [-0.15, -0.1) is 0 Å². The SMILES string of the molecule is O=CN1CCC(c2ccc(C(=O)O)cc2)CC1. The number of piperidine rings is 1. The quantitative estimate of drug-likeness (QED) is 0.809. The van der Waals surface area contributed by atoms with Crippen molar-refractivity contribution in [3.8, 4) is 0 Å². The highest BCUT2D eigenvalue weighted by Gasteiger charge is 2.19. The minimum Gasteiger partial charge on any atom is -0.478 e. The highest BCUT2D eigenvalue weighted by Crippen LogP contribution is 2.27. The zero-order valence-electron chi connectivity index (χ0n) is 9.50. The number of nitrogens with zero attached hydrogens (tertiary/aromatic N) is 1. The van der Waals surface area contributed by atoms with E-state index in [1.54, 1.807) is 17.0 Å². The summed E-state index contributed by atoms with van der Waals surface area (Å²) >= 11 is 0. The van der Waals surface area contributed by atoms with Crippen LogP contribution in [0, 0.1) is 0 Å². The Morgan fingerprint density at radius 1 is 1.24 bits per heavy atom. The number of carboxylic acid groups (broad SMARTS) is 1. The van der Waals surface area contributed by atoms with E-state index in [1.165, 1.54) is 5.56 Å². The summed E-state index contributed by atoms with van der Waals surface area (Å²) < 4.78 is 0. The number of likely N-dealkylation sites (tertiary alicyclic amines) is 1. The molecule has 0 aliphatic carbocycles. The molecule has 2 rings (SSSR count). The fourth-order valence-corrected chi connectivity index (χ4v) is 2.24. The van der Waals surface area contributed by atoms with Crippen molar-refractivity contribution in [2.75, 3.05) is 13.1 Å². The molecule has 1 aliphatic rings. The molecule has 0 atom stereocenters. The Balaban J connectivity index is 2.03. The van der Waals surface area contributed by atoms with Gasteiger partial charge in [-0.3, -0.25) is 4.79 Å². The molecule has 1 aromatic carbocycles. The van der Waals surface area contributed by atoms with Crippen LogP contribution in [0.5, 0.6) is 0 Å². The predicted octanol–water partition coefficient (Wildman–Crippen LogP) is 1.72. The van der Waals surface area contributed by atoms with Gasteiger partial charge < -0.3 is 10.0 Å². The monoisotopic (exact) mass is 233 g/mol. The van der Waals surface area contributed by atoms with Gasteiger partial charge in [0.2, 0.25) is 6.41 Å². The minimum absolute atomic E-state index is 0.319. The van der Waals surface area contributed by atoms with Gasteiger partial charge in [0.15, 0.2) is 0 Å². The van der Waals surface area contributed by atoms with Crippen molar-refractivity contribution in [2.24, 2.45) is 0 Å². The summed E-state index contributed by atoms with van der Waals surface area (Å²) in [6, 6.07) is 7.04. The molecular formula is C13H15NO3. The molecule has 1 saturated heterocycles. The molecule has 1 amide bonds. The number of benzene rings is 1. The van der Waals surface area contributed by atoms with Gasteiger partial charge in [0.05, 0.1) is 5.56 Å². The first-order valence-electron chi connectivity index (χ1n) is 5.73. The topological polar surface area (TPSA) is 57.6 Å². The molecule has 1 fully saturated rings. The van der Waals surface area contributed by atoms with Crippen molar-refractivity contribution < 1.29 is 14.7 Å². The summed E-state index contributed by atoms with van der Waals surface area (Å²) in [6.07, 6.45) is 2.79. The molecule has 0 bridgehead atoms. The van der Waals surface area contributed by atoms with Crippen LogP contribution in [-0.4, -0.2) is 35.5 Å². The van der Waals surface area contributed by atoms with E-state index < -0.39 is 5.97 Å². The number of rotatable bonds is 3. The zero-order chi connectivity index (χ0) is 12.3. The molecule has 4 heteroatoms. The summed E-state index contributed by atoms with van der Waals surface area (Å²) in [5.74, 6) is -0.457. The van der Waals surface area contributed by atoms with E-state index in [0.29, 0.717) is 11.5 Å². The summed E-state index contributed by atoms with van der Waals surface area (Å²) in [7, 11) is 0. The van der Waals surface area contributed by atoms with Gasteiger partial charge in [0.1, 0.15) is 0 Å². The average Bonchev–Trinajstić information content (AvgIpc) is 2.39. The highest BCUT2D eigenvalue weighted by molar-refractivity contribution is 5.87. The molecule has 1 N–H and O–H groups in total. The Labute approximate surface area is 99.9 Å². The molecule has 0 spiro atoms. The summed E-state index contributed by atoms with van der Waals surface area (Å²) in [4.78, 5) is 23.1. The molecule has 1 aromatic rings. The van der Waals surface area contributed by atoms with E-state index in [9.17, 15) is 9.59 Å². The Morgan fingerprint density at radius 2 is 1.82 bits per heavy atom. The van der Waals surface area contributed by atoms with E-state index in [4.69, 9.17) is 5.11 Å². The molecule has 90 valence electrons. The van der Waals surface area contributed by atoms with Crippen LogP contribution in [-0.2, 0) is 4.79 Å². The molecular weight excluding hydrogens is 218 g/mol. The number of carboxylic acids is 1. The molecule has 0 radical (unpaired) electrons. The van der Waals surface area contributed by atoms with Gasteiger partial charge in [-0.2, -0.15) is 0 Å². The number of aromatic carboxylic acids is 1. The second kappa shape index (κ2) is 4.99. The summed E-state index contributed by atoms with van der Waals surface area (Å²) in [5.41, 5.74) is 1.49. The summed E-state index contributed by atoms with van der Waals surface area (Å²) in [6.45, 7) is 1.57. The fourth-order valence-electron chi connectivity index (χ4n) is 2.24. The lowest BCUT2D eigenvalue weighted by Gasteiger charge is -2.29. The Bertz CT molecular complexity index is 405. The Hall–Kier alpha value is -1.84. The van der Waals surface area contributed by atoms with Crippen LogP contribution in [0.2, 0.25) is 0 Å². The van der Waals surface area contributed by atoms with Gasteiger partial charge in [-0.25, -0.2) is 4.79 Å². The molecule has 0 aromatic heterocycles. The van der Waals surface area contributed by atoms with E-state index in [2.05, 4.69) is 0 Å². The lowest BCUT2D eigenvalue weighted by molar-refractivity contribution is -0.119. The molecule has 1 aliphatic heterocycles. The maximum Gasteiger partial charge on any atom is 0.335 e.